The van der Waals surface area contributed by atoms with Crippen molar-refractivity contribution in [1.82, 2.24) is 9.88 Å². The first kappa shape index (κ1) is 16.9. The second-order valence-electron chi connectivity index (χ2n) is 6.25. The van der Waals surface area contributed by atoms with E-state index in [1.807, 2.05) is 49.1 Å². The van der Waals surface area contributed by atoms with Crippen molar-refractivity contribution >= 4 is 32.9 Å². The van der Waals surface area contributed by atoms with Gasteiger partial charge >= 0.3 is 0 Å². The van der Waals surface area contributed by atoms with Gasteiger partial charge in [0.1, 0.15) is 11.8 Å². The minimum Gasteiger partial charge on any atom is -0.494 e. The van der Waals surface area contributed by atoms with E-state index in [2.05, 4.69) is 44.9 Å². The van der Waals surface area contributed by atoms with Gasteiger partial charge in [-0.05, 0) is 37.3 Å². The number of rotatable bonds is 4. The maximum absolute atomic E-state index is 5.94. The lowest BCUT2D eigenvalue weighted by molar-refractivity contribution is 0.292. The van der Waals surface area contributed by atoms with E-state index in [9.17, 15) is 0 Å². The number of aliphatic imine (C=N–C) groups is 1. The molecule has 0 amide bonds. The number of aromatic nitrogens is 1. The summed E-state index contributed by atoms with van der Waals surface area (Å²) in [5, 5.41) is 1.67. The van der Waals surface area contributed by atoms with Gasteiger partial charge in [0.15, 0.2) is 5.17 Å². The number of halogens is 1. The molecule has 0 unspecified atom stereocenters. The first-order valence-electron chi connectivity index (χ1n) is 8.51. The van der Waals surface area contributed by atoms with Crippen LogP contribution < -0.4 is 4.74 Å². The minimum absolute atomic E-state index is 0.00953. The SMILES string of the molecule is CCOc1ccc(Br)cc1[C@H]1[C@@H](c2ccccn2)N=C2S[C@@H](C)CN21. The van der Waals surface area contributed by atoms with Crippen molar-refractivity contribution < 1.29 is 4.74 Å². The third kappa shape index (κ3) is 3.17. The van der Waals surface area contributed by atoms with Gasteiger partial charge in [-0.2, -0.15) is 0 Å². The molecule has 4 rings (SSSR count). The summed E-state index contributed by atoms with van der Waals surface area (Å²) >= 11 is 5.47. The van der Waals surface area contributed by atoms with Crippen molar-refractivity contribution in [1.29, 1.82) is 0 Å². The molecule has 1 aromatic heterocycles. The van der Waals surface area contributed by atoms with Gasteiger partial charge < -0.3 is 9.64 Å². The highest BCUT2D eigenvalue weighted by molar-refractivity contribution is 9.10. The predicted octanol–water partition coefficient (Wildman–Crippen LogP) is 4.83. The molecule has 0 N–H and O–H groups in total. The lowest BCUT2D eigenvalue weighted by Crippen LogP contribution is -2.29. The number of pyridine rings is 1. The van der Waals surface area contributed by atoms with Crippen LogP contribution in [0.3, 0.4) is 0 Å². The maximum atomic E-state index is 5.94. The number of hydrogen-bond acceptors (Lipinski definition) is 5. The van der Waals surface area contributed by atoms with Crippen molar-refractivity contribution in [2.24, 2.45) is 4.99 Å². The summed E-state index contributed by atoms with van der Waals surface area (Å²) in [6.07, 6.45) is 1.84. The quantitative estimate of drug-likeness (QED) is 0.713. The van der Waals surface area contributed by atoms with E-state index in [0.29, 0.717) is 11.9 Å². The topological polar surface area (TPSA) is 37.7 Å². The molecule has 0 bridgehead atoms. The fourth-order valence-corrected chi connectivity index (χ4v) is 4.96. The van der Waals surface area contributed by atoms with Gasteiger partial charge in [0.05, 0.1) is 18.3 Å². The number of ether oxygens (including phenoxy) is 1. The normalized spacial score (nSPS) is 25.0. The van der Waals surface area contributed by atoms with Crippen LogP contribution >= 0.6 is 27.7 Å². The van der Waals surface area contributed by atoms with Gasteiger partial charge in [-0.25, -0.2) is 0 Å². The van der Waals surface area contributed by atoms with E-state index in [1.54, 1.807) is 0 Å². The van der Waals surface area contributed by atoms with Gasteiger partial charge in [0, 0.05) is 28.0 Å². The Morgan fingerprint density at radius 1 is 1.32 bits per heavy atom. The molecule has 3 heterocycles. The van der Waals surface area contributed by atoms with Crippen molar-refractivity contribution in [2.45, 2.75) is 31.2 Å². The summed E-state index contributed by atoms with van der Waals surface area (Å²) in [5.41, 5.74) is 2.17. The monoisotopic (exact) mass is 417 g/mol. The Kier molecular flexibility index (Phi) is 4.73. The molecule has 2 aliphatic rings. The van der Waals surface area contributed by atoms with Crippen LogP contribution in [-0.2, 0) is 0 Å². The van der Waals surface area contributed by atoms with Crippen molar-refractivity contribution in [3.63, 3.8) is 0 Å². The second-order valence-corrected chi connectivity index (χ2v) is 8.57. The molecule has 1 fully saturated rings. The van der Waals surface area contributed by atoms with Gasteiger partial charge in [-0.3, -0.25) is 9.98 Å². The molecule has 0 aliphatic carbocycles. The average molecular weight is 418 g/mol. The van der Waals surface area contributed by atoms with Crippen LogP contribution in [-0.4, -0.2) is 33.5 Å². The van der Waals surface area contributed by atoms with E-state index in [4.69, 9.17) is 9.73 Å². The molecule has 3 atom stereocenters. The van der Waals surface area contributed by atoms with Crippen LogP contribution in [0.25, 0.3) is 0 Å². The molecule has 25 heavy (non-hydrogen) atoms. The van der Waals surface area contributed by atoms with E-state index in [1.165, 1.54) is 5.56 Å². The molecular formula is C19H20BrN3OS. The highest BCUT2D eigenvalue weighted by atomic mass is 79.9. The molecule has 0 radical (unpaired) electrons. The van der Waals surface area contributed by atoms with Crippen LogP contribution in [0.5, 0.6) is 5.75 Å². The Morgan fingerprint density at radius 2 is 2.20 bits per heavy atom. The first-order valence-corrected chi connectivity index (χ1v) is 10.2. The van der Waals surface area contributed by atoms with Crippen LogP contribution in [0.2, 0.25) is 0 Å². The van der Waals surface area contributed by atoms with Gasteiger partial charge in [-0.15, -0.1) is 0 Å². The Morgan fingerprint density at radius 3 is 2.96 bits per heavy atom. The average Bonchev–Trinajstić information content (AvgIpc) is 3.13. The number of hydrogen-bond donors (Lipinski definition) is 0. The van der Waals surface area contributed by atoms with Gasteiger partial charge in [0.25, 0.3) is 0 Å². The number of benzene rings is 1. The summed E-state index contributed by atoms with van der Waals surface area (Å²) in [7, 11) is 0. The summed E-state index contributed by atoms with van der Waals surface area (Å²) in [6.45, 7) is 5.92. The summed E-state index contributed by atoms with van der Waals surface area (Å²) in [5.74, 6) is 0.928. The molecule has 4 nitrogen and oxygen atoms in total. The molecule has 2 aliphatic heterocycles. The fraction of sp³-hybridized carbons (Fsp3) is 0.368. The van der Waals surface area contributed by atoms with Gasteiger partial charge in [-0.1, -0.05) is 40.7 Å². The Labute approximate surface area is 160 Å². The van der Waals surface area contributed by atoms with E-state index < -0.39 is 0 Å². The molecule has 1 aromatic carbocycles. The van der Waals surface area contributed by atoms with Crippen molar-refractivity contribution in [2.75, 3.05) is 13.2 Å². The molecule has 0 spiro atoms. The number of amidine groups is 1. The van der Waals surface area contributed by atoms with Gasteiger partial charge in [0.2, 0.25) is 0 Å². The van der Waals surface area contributed by atoms with Crippen LogP contribution in [0.1, 0.15) is 37.2 Å². The zero-order valence-electron chi connectivity index (χ0n) is 14.2. The zero-order valence-corrected chi connectivity index (χ0v) is 16.6. The molecule has 1 saturated heterocycles. The lowest BCUT2D eigenvalue weighted by atomic mass is 9.95. The van der Waals surface area contributed by atoms with Crippen molar-refractivity contribution in [3.8, 4) is 5.75 Å². The first-order chi connectivity index (χ1) is 12.2. The van der Waals surface area contributed by atoms with Crippen LogP contribution in [0.4, 0.5) is 0 Å². The maximum Gasteiger partial charge on any atom is 0.160 e. The summed E-state index contributed by atoms with van der Waals surface area (Å²) in [4.78, 5) is 12.0. The van der Waals surface area contributed by atoms with E-state index in [-0.39, 0.29) is 12.1 Å². The Bertz CT molecular complexity index is 799. The highest BCUT2D eigenvalue weighted by Gasteiger charge is 2.44. The molecule has 6 heteroatoms. The fourth-order valence-electron chi connectivity index (χ4n) is 3.49. The standard InChI is InChI=1S/C19H20BrN3OS/c1-3-24-16-8-7-13(20)10-14(16)18-17(15-6-4-5-9-21-15)22-19-23(18)11-12(2)25-19/h4-10,12,17-18H,3,11H2,1-2H3/t12-,17+,18-/m0/s1. The van der Waals surface area contributed by atoms with E-state index in [0.717, 1.165) is 27.6 Å². The highest BCUT2D eigenvalue weighted by Crippen LogP contribution is 2.49. The molecule has 2 aromatic rings. The number of fused-ring (bicyclic) bond motifs is 1. The molecular weight excluding hydrogens is 398 g/mol. The Balaban J connectivity index is 1.81. The third-order valence-corrected chi connectivity index (χ3v) is 6.07. The Hall–Kier alpha value is -1.53. The lowest BCUT2D eigenvalue weighted by Gasteiger charge is -2.29. The second kappa shape index (κ2) is 7.00. The zero-order chi connectivity index (χ0) is 17.4. The number of thioether (sulfide) groups is 1. The molecule has 0 saturated carbocycles. The van der Waals surface area contributed by atoms with Crippen LogP contribution in [0, 0.1) is 0 Å². The van der Waals surface area contributed by atoms with Crippen LogP contribution in [0.15, 0.2) is 52.1 Å². The largest absolute Gasteiger partial charge is 0.494 e. The van der Waals surface area contributed by atoms with E-state index >= 15 is 0 Å². The summed E-state index contributed by atoms with van der Waals surface area (Å²) in [6, 6.07) is 12.4. The smallest absolute Gasteiger partial charge is 0.160 e. The summed E-state index contributed by atoms with van der Waals surface area (Å²) < 4.78 is 6.99. The predicted molar refractivity (Wildman–Crippen MR) is 106 cm³/mol. The minimum atomic E-state index is -0.00953. The molecule has 130 valence electrons. The third-order valence-electron chi connectivity index (χ3n) is 4.47. The van der Waals surface area contributed by atoms with Crippen molar-refractivity contribution in [3.05, 3.63) is 58.3 Å². The number of nitrogens with zero attached hydrogens (tertiary/aromatic N) is 3.